The van der Waals surface area contributed by atoms with E-state index < -0.39 is 0 Å². The lowest BCUT2D eigenvalue weighted by atomic mass is 10.1. The summed E-state index contributed by atoms with van der Waals surface area (Å²) in [5.41, 5.74) is 8.97. The molecule has 0 unspecified atom stereocenters. The molecule has 0 radical (unpaired) electrons. The summed E-state index contributed by atoms with van der Waals surface area (Å²) in [7, 11) is 0. The number of fused-ring (bicyclic) bond motifs is 1. The normalized spacial score (nSPS) is 11.3. The largest absolute Gasteiger partial charge is 0.432 e. The number of carbonyl (C=O) groups is 1. The second-order valence-corrected chi connectivity index (χ2v) is 8.58. The lowest BCUT2D eigenvalue weighted by molar-refractivity contribution is 0.0990. The van der Waals surface area contributed by atoms with Gasteiger partial charge in [-0.15, -0.1) is 22.7 Å². The van der Waals surface area contributed by atoms with E-state index in [1.165, 1.54) is 18.3 Å². The zero-order valence-corrected chi connectivity index (χ0v) is 15.9. The number of Topliss-reactive ketones (excluding diaryl/α,β-unsaturated/α-hetero) is 1. The summed E-state index contributed by atoms with van der Waals surface area (Å²) in [6.45, 7) is 1.41. The Labute approximate surface area is 160 Å². The first-order chi connectivity index (χ1) is 12.0. The molecule has 0 saturated heterocycles. The fourth-order valence-electron chi connectivity index (χ4n) is 2.66. The van der Waals surface area contributed by atoms with Crippen molar-refractivity contribution in [3.05, 3.63) is 44.1 Å². The van der Waals surface area contributed by atoms with Gasteiger partial charge < -0.3 is 10.2 Å². The fraction of sp³-hybridized carbons (Fsp3) is 0.0588. The average molecular weight is 409 g/mol. The van der Waals surface area contributed by atoms with Crippen molar-refractivity contribution in [1.29, 1.82) is 0 Å². The molecule has 2 N–H and O–H groups in total. The molecule has 0 saturated carbocycles. The van der Waals surface area contributed by atoms with Crippen LogP contribution in [0.15, 0.2) is 34.1 Å². The van der Waals surface area contributed by atoms with Gasteiger partial charge in [0.15, 0.2) is 11.5 Å². The number of nitrogen functional groups attached to an aromatic ring is 1. The molecule has 25 heavy (non-hydrogen) atoms. The second-order valence-electron chi connectivity index (χ2n) is 5.35. The highest BCUT2D eigenvalue weighted by molar-refractivity contribution is 7.20. The Morgan fingerprint density at radius 3 is 2.68 bits per heavy atom. The maximum absolute atomic E-state index is 11.8. The molecule has 126 valence electrons. The van der Waals surface area contributed by atoms with Gasteiger partial charge in [-0.1, -0.05) is 29.3 Å². The Bertz CT molecular complexity index is 1110. The first-order valence-corrected chi connectivity index (χ1v) is 9.64. The molecule has 4 nitrogen and oxygen atoms in total. The summed E-state index contributed by atoms with van der Waals surface area (Å²) in [5, 5.41) is 2.60. The number of ketones is 1. The maximum Gasteiger partial charge on any atom is 0.230 e. The summed E-state index contributed by atoms with van der Waals surface area (Å²) < 4.78 is 6.77. The Morgan fingerprint density at radius 2 is 2.08 bits per heavy atom. The van der Waals surface area contributed by atoms with Crippen LogP contribution in [0.5, 0.6) is 0 Å². The molecule has 0 fully saturated rings. The number of rotatable bonds is 3. The number of nitrogens with two attached hydrogens (primary N) is 1. The van der Waals surface area contributed by atoms with E-state index >= 15 is 0 Å². The zero-order valence-electron chi connectivity index (χ0n) is 12.8. The fourth-order valence-corrected chi connectivity index (χ4v) is 4.89. The first kappa shape index (κ1) is 16.6. The number of hydrogen-bond acceptors (Lipinski definition) is 6. The third kappa shape index (κ3) is 2.75. The molecule has 4 aromatic rings. The van der Waals surface area contributed by atoms with Crippen LogP contribution >= 0.6 is 45.9 Å². The lowest BCUT2D eigenvalue weighted by Crippen LogP contribution is -1.95. The molecule has 0 amide bonds. The summed E-state index contributed by atoms with van der Waals surface area (Å²) in [6, 6.07) is 7.58. The van der Waals surface area contributed by atoms with Crippen molar-refractivity contribution in [3.8, 4) is 21.7 Å². The minimum Gasteiger partial charge on any atom is -0.432 e. The second kappa shape index (κ2) is 6.14. The van der Waals surface area contributed by atoms with E-state index in [1.807, 2.05) is 23.6 Å². The van der Waals surface area contributed by atoms with Crippen molar-refractivity contribution in [3.63, 3.8) is 0 Å². The third-order valence-corrected chi connectivity index (χ3v) is 6.13. The van der Waals surface area contributed by atoms with E-state index in [9.17, 15) is 4.79 Å². The molecule has 4 heterocycles. The van der Waals surface area contributed by atoms with Gasteiger partial charge >= 0.3 is 0 Å². The Hall–Kier alpha value is -1.86. The van der Waals surface area contributed by atoms with E-state index in [-0.39, 0.29) is 11.5 Å². The number of pyridine rings is 1. The smallest absolute Gasteiger partial charge is 0.230 e. The number of aromatic nitrogens is 1. The number of hydrogen-bond donors (Lipinski definition) is 1. The van der Waals surface area contributed by atoms with Gasteiger partial charge in [0.05, 0.1) is 21.1 Å². The topological polar surface area (TPSA) is 69.1 Å². The predicted molar refractivity (Wildman–Crippen MR) is 105 cm³/mol. The molecule has 0 aliphatic carbocycles. The summed E-state index contributed by atoms with van der Waals surface area (Å²) in [6.07, 6.45) is 0. The molecule has 0 aliphatic heterocycles. The number of nitrogens with zero attached hydrogens (tertiary/aromatic N) is 1. The standard InChI is InChI=1S/C17H10Cl2N2O2S2/c1-7(22)15-14(20)13-9(11-3-2-4-24-11)5-10(21-17(13)23-15)8-6-12(18)25-16(8)19/h2-6H,20H2,1H3. The van der Waals surface area contributed by atoms with Crippen molar-refractivity contribution >= 4 is 68.4 Å². The minimum atomic E-state index is -0.245. The third-order valence-electron chi connectivity index (χ3n) is 3.74. The van der Waals surface area contributed by atoms with Gasteiger partial charge in [-0.2, -0.15) is 0 Å². The number of carbonyl (C=O) groups excluding carboxylic acids is 1. The van der Waals surface area contributed by atoms with Gasteiger partial charge in [0.2, 0.25) is 5.71 Å². The molecule has 8 heteroatoms. The molecule has 0 aliphatic rings. The molecule has 0 atom stereocenters. The van der Waals surface area contributed by atoms with Gasteiger partial charge in [-0.25, -0.2) is 4.98 Å². The van der Waals surface area contributed by atoms with Crippen molar-refractivity contribution < 1.29 is 9.21 Å². The van der Waals surface area contributed by atoms with Crippen molar-refractivity contribution in [2.45, 2.75) is 6.92 Å². The van der Waals surface area contributed by atoms with Crippen molar-refractivity contribution in [1.82, 2.24) is 4.98 Å². The van der Waals surface area contributed by atoms with E-state index in [2.05, 4.69) is 4.98 Å². The molecular formula is C17H10Cl2N2O2S2. The van der Waals surface area contributed by atoms with Crippen LogP contribution in [0.2, 0.25) is 8.67 Å². The van der Waals surface area contributed by atoms with Crippen molar-refractivity contribution in [2.24, 2.45) is 0 Å². The quantitative estimate of drug-likeness (QED) is 0.399. The molecule has 0 aromatic carbocycles. The molecular weight excluding hydrogens is 399 g/mol. The SMILES string of the molecule is CC(=O)c1oc2nc(-c3cc(Cl)sc3Cl)cc(-c3cccs3)c2c1N. The molecule has 0 spiro atoms. The van der Waals surface area contributed by atoms with Crippen LogP contribution in [0.4, 0.5) is 5.69 Å². The van der Waals surface area contributed by atoms with E-state index in [0.29, 0.717) is 31.2 Å². The number of halogens is 2. The van der Waals surface area contributed by atoms with E-state index in [4.69, 9.17) is 33.4 Å². The van der Waals surface area contributed by atoms with Gasteiger partial charge in [0, 0.05) is 22.9 Å². The van der Waals surface area contributed by atoms with Gasteiger partial charge in [0.1, 0.15) is 4.34 Å². The highest BCUT2D eigenvalue weighted by Crippen LogP contribution is 2.43. The summed E-state index contributed by atoms with van der Waals surface area (Å²) in [4.78, 5) is 17.3. The Morgan fingerprint density at radius 1 is 1.28 bits per heavy atom. The van der Waals surface area contributed by atoms with Crippen LogP contribution in [0.25, 0.3) is 32.8 Å². The van der Waals surface area contributed by atoms with Crippen LogP contribution in [-0.2, 0) is 0 Å². The Kier molecular flexibility index (Phi) is 4.08. The van der Waals surface area contributed by atoms with Crippen molar-refractivity contribution in [2.75, 3.05) is 5.73 Å². The van der Waals surface area contributed by atoms with Gasteiger partial charge in [-0.3, -0.25) is 4.79 Å². The summed E-state index contributed by atoms with van der Waals surface area (Å²) in [5.74, 6) is -0.127. The minimum absolute atomic E-state index is 0.118. The van der Waals surface area contributed by atoms with E-state index in [0.717, 1.165) is 16.0 Å². The zero-order chi connectivity index (χ0) is 17.7. The molecule has 4 aromatic heterocycles. The van der Waals surface area contributed by atoms with Crippen LogP contribution in [0.3, 0.4) is 0 Å². The maximum atomic E-state index is 11.8. The van der Waals surface area contributed by atoms with Crippen LogP contribution in [0.1, 0.15) is 17.5 Å². The lowest BCUT2D eigenvalue weighted by Gasteiger charge is -2.05. The molecule has 4 rings (SSSR count). The number of furan rings is 1. The van der Waals surface area contributed by atoms with E-state index in [1.54, 1.807) is 17.4 Å². The van der Waals surface area contributed by atoms with Gasteiger partial charge in [0.25, 0.3) is 0 Å². The summed E-state index contributed by atoms with van der Waals surface area (Å²) >= 11 is 15.2. The first-order valence-electron chi connectivity index (χ1n) is 7.18. The monoisotopic (exact) mass is 408 g/mol. The highest BCUT2D eigenvalue weighted by atomic mass is 35.5. The number of thiophene rings is 2. The van der Waals surface area contributed by atoms with Crippen LogP contribution < -0.4 is 5.73 Å². The Balaban J connectivity index is 2.08. The predicted octanol–water partition coefficient (Wildman–Crippen LogP) is 6.38. The number of anilines is 1. The highest BCUT2D eigenvalue weighted by Gasteiger charge is 2.22. The van der Waals surface area contributed by atoms with Crippen LogP contribution in [0, 0.1) is 0 Å². The average Bonchev–Trinajstić information content (AvgIpc) is 3.26. The van der Waals surface area contributed by atoms with Crippen LogP contribution in [-0.4, -0.2) is 10.8 Å². The van der Waals surface area contributed by atoms with Gasteiger partial charge in [-0.05, 0) is 23.6 Å². The molecule has 0 bridgehead atoms.